The lowest BCUT2D eigenvalue weighted by molar-refractivity contribution is -0.137. The molecule has 0 aliphatic rings. The van der Waals surface area contributed by atoms with Gasteiger partial charge in [0.15, 0.2) is 0 Å². The Balaban J connectivity index is 1.92. The highest BCUT2D eigenvalue weighted by atomic mass is 32.3. The maximum atomic E-state index is 12.9. The van der Waals surface area contributed by atoms with E-state index in [4.69, 9.17) is 0 Å². The van der Waals surface area contributed by atoms with Crippen LogP contribution < -0.4 is 0 Å². The summed E-state index contributed by atoms with van der Waals surface area (Å²) < 4.78 is 88.8. The van der Waals surface area contributed by atoms with E-state index >= 15 is 0 Å². The fourth-order valence-corrected chi connectivity index (χ4v) is 6.00. The first kappa shape index (κ1) is 23.0. The normalized spacial score (nSPS) is 12.8. The molecule has 0 spiro atoms. The first-order valence-electron chi connectivity index (χ1n) is 8.93. The van der Waals surface area contributed by atoms with E-state index in [-0.39, 0.29) is 3.71 Å². The number of hydrogen-bond donors (Lipinski definition) is 0. The smallest absolute Gasteiger partial charge is 0.212 e. The summed E-state index contributed by atoms with van der Waals surface area (Å²) in [7, 11) is -8.85. The fourth-order valence-electron chi connectivity index (χ4n) is 2.90. The first-order chi connectivity index (χ1) is 14.4. The van der Waals surface area contributed by atoms with Crippen molar-refractivity contribution in [3.8, 4) is 11.1 Å². The van der Waals surface area contributed by atoms with Crippen LogP contribution in [0.1, 0.15) is 11.1 Å². The molecule has 0 N–H and O–H groups in total. The van der Waals surface area contributed by atoms with Gasteiger partial charge in [0, 0.05) is 0 Å². The molecule has 0 radical (unpaired) electrons. The van der Waals surface area contributed by atoms with Gasteiger partial charge in [-0.25, -0.2) is 16.8 Å². The second-order valence-corrected chi connectivity index (χ2v) is 10.8. The molecule has 0 fully saturated rings. The molecule has 0 aliphatic carbocycles. The molecule has 0 atom stereocenters. The van der Waals surface area contributed by atoms with Crippen LogP contribution in [0.15, 0.2) is 83.8 Å². The Hall–Kier alpha value is -2.69. The van der Waals surface area contributed by atoms with Crippen LogP contribution in [-0.2, 0) is 32.8 Å². The second-order valence-electron chi connectivity index (χ2n) is 6.78. The highest BCUT2D eigenvalue weighted by Crippen LogP contribution is 2.31. The van der Waals surface area contributed by atoms with Crippen molar-refractivity contribution in [3.05, 3.63) is 90.0 Å². The van der Waals surface area contributed by atoms with Gasteiger partial charge in [-0.05, 0) is 41.0 Å². The topological polar surface area (TPSA) is 71.5 Å². The van der Waals surface area contributed by atoms with Crippen molar-refractivity contribution in [2.75, 3.05) is 6.26 Å². The van der Waals surface area contributed by atoms with E-state index in [1.807, 2.05) is 30.3 Å². The van der Waals surface area contributed by atoms with Gasteiger partial charge in [0.05, 0.1) is 23.3 Å². The van der Waals surface area contributed by atoms with Crippen LogP contribution in [0.25, 0.3) is 11.1 Å². The van der Waals surface area contributed by atoms with Crippen LogP contribution in [0.2, 0.25) is 0 Å². The van der Waals surface area contributed by atoms with Gasteiger partial charge in [-0.1, -0.05) is 58.3 Å². The molecule has 0 aromatic heterocycles. The van der Waals surface area contributed by atoms with Crippen LogP contribution in [-0.4, -0.2) is 26.8 Å². The summed E-state index contributed by atoms with van der Waals surface area (Å²) in [6.45, 7) is -0.489. The highest BCUT2D eigenvalue weighted by molar-refractivity contribution is 8.03. The molecular weight excluding hydrogens is 451 g/mol. The van der Waals surface area contributed by atoms with Gasteiger partial charge >= 0.3 is 6.18 Å². The van der Waals surface area contributed by atoms with E-state index in [2.05, 4.69) is 0 Å². The minimum atomic E-state index is -4.64. The van der Waals surface area contributed by atoms with Crippen LogP contribution in [0.3, 0.4) is 0 Å². The van der Waals surface area contributed by atoms with E-state index in [0.717, 1.165) is 29.5 Å². The predicted molar refractivity (Wildman–Crippen MR) is 111 cm³/mol. The number of rotatable bonds is 6. The largest absolute Gasteiger partial charge is 0.416 e. The van der Waals surface area contributed by atoms with Crippen LogP contribution in [0.5, 0.6) is 0 Å². The monoisotopic (exact) mass is 469 g/mol. The standard InChI is InChI=1S/C21H18F3NO4S2/c1-30(26,27)25(31(28,29)20-13-11-19(12-14-20)21(22,23)24)15-16-7-9-18(10-8-16)17-5-3-2-4-6-17/h2-14H,15H2,1H3. The summed E-state index contributed by atoms with van der Waals surface area (Å²) >= 11 is 0. The highest BCUT2D eigenvalue weighted by Gasteiger charge is 2.34. The quantitative estimate of drug-likeness (QED) is 0.532. The molecule has 5 nitrogen and oxygen atoms in total. The van der Waals surface area contributed by atoms with E-state index in [9.17, 15) is 30.0 Å². The number of halogens is 3. The molecule has 10 heteroatoms. The molecule has 0 unspecified atom stereocenters. The molecule has 0 saturated carbocycles. The average Bonchev–Trinajstić information content (AvgIpc) is 2.71. The molecule has 31 heavy (non-hydrogen) atoms. The third kappa shape index (κ3) is 5.33. The third-order valence-electron chi connectivity index (χ3n) is 4.49. The minimum Gasteiger partial charge on any atom is -0.212 e. The maximum Gasteiger partial charge on any atom is 0.416 e. The summed E-state index contributed by atoms with van der Waals surface area (Å²) in [5.41, 5.74) is 1.17. The molecule has 0 amide bonds. The molecule has 3 aromatic carbocycles. The molecular formula is C21H18F3NO4S2. The van der Waals surface area contributed by atoms with Crippen LogP contribution in [0.4, 0.5) is 13.2 Å². The molecule has 0 saturated heterocycles. The fraction of sp³-hybridized carbons (Fsp3) is 0.143. The van der Waals surface area contributed by atoms with Crippen molar-refractivity contribution in [2.45, 2.75) is 17.6 Å². The number of hydrogen-bond acceptors (Lipinski definition) is 4. The van der Waals surface area contributed by atoms with Crippen LogP contribution >= 0.6 is 0 Å². The summed E-state index contributed by atoms with van der Waals surface area (Å²) in [6, 6.07) is 18.7. The van der Waals surface area contributed by atoms with Crippen molar-refractivity contribution in [1.29, 1.82) is 0 Å². The zero-order chi connectivity index (χ0) is 22.9. The van der Waals surface area contributed by atoms with Crippen molar-refractivity contribution < 1.29 is 30.0 Å². The number of benzene rings is 3. The summed E-state index contributed by atoms with van der Waals surface area (Å²) in [6.07, 6.45) is -3.91. The van der Waals surface area contributed by atoms with Gasteiger partial charge in [0.25, 0.3) is 10.0 Å². The molecule has 0 aliphatic heterocycles. The number of sulfonamides is 2. The molecule has 0 heterocycles. The van der Waals surface area contributed by atoms with Crippen molar-refractivity contribution in [1.82, 2.24) is 3.71 Å². The van der Waals surface area contributed by atoms with Gasteiger partial charge < -0.3 is 0 Å². The van der Waals surface area contributed by atoms with Crippen LogP contribution in [0, 0.1) is 0 Å². The van der Waals surface area contributed by atoms with Gasteiger partial charge in [-0.15, -0.1) is 0 Å². The first-order valence-corrected chi connectivity index (χ1v) is 12.2. The maximum absolute atomic E-state index is 12.9. The third-order valence-corrected chi connectivity index (χ3v) is 8.29. The zero-order valence-electron chi connectivity index (χ0n) is 16.2. The lowest BCUT2D eigenvalue weighted by Gasteiger charge is -2.20. The molecule has 164 valence electrons. The van der Waals surface area contributed by atoms with E-state index in [0.29, 0.717) is 17.7 Å². The Morgan fingerprint density at radius 1 is 0.742 bits per heavy atom. The summed E-state index contributed by atoms with van der Waals surface area (Å²) in [5, 5.41) is 0. The lowest BCUT2D eigenvalue weighted by Crippen LogP contribution is -2.35. The Morgan fingerprint density at radius 2 is 1.26 bits per heavy atom. The molecule has 0 bridgehead atoms. The van der Waals surface area contributed by atoms with Crippen molar-refractivity contribution >= 4 is 20.0 Å². The summed E-state index contributed by atoms with van der Waals surface area (Å²) in [5.74, 6) is 0. The van der Waals surface area contributed by atoms with Crippen molar-refractivity contribution in [2.24, 2.45) is 0 Å². The number of nitrogens with zero attached hydrogens (tertiary/aromatic N) is 1. The molecule has 3 aromatic rings. The molecule has 3 rings (SSSR count). The average molecular weight is 470 g/mol. The minimum absolute atomic E-state index is 0.278. The predicted octanol–water partition coefficient (Wildman–Crippen LogP) is 4.52. The Labute approximate surface area is 178 Å². The second kappa shape index (κ2) is 8.45. The Kier molecular flexibility index (Phi) is 6.26. The van der Waals surface area contributed by atoms with Gasteiger partial charge in [0.2, 0.25) is 10.0 Å². The zero-order valence-corrected chi connectivity index (χ0v) is 17.9. The van der Waals surface area contributed by atoms with E-state index in [1.165, 1.54) is 0 Å². The van der Waals surface area contributed by atoms with E-state index < -0.39 is 43.2 Å². The van der Waals surface area contributed by atoms with Gasteiger partial charge in [-0.2, -0.15) is 13.2 Å². The van der Waals surface area contributed by atoms with Gasteiger partial charge in [-0.3, -0.25) is 0 Å². The van der Waals surface area contributed by atoms with E-state index in [1.54, 1.807) is 24.3 Å². The SMILES string of the molecule is CS(=O)(=O)N(Cc1ccc(-c2ccccc2)cc1)S(=O)(=O)c1ccc(C(F)(F)F)cc1. The lowest BCUT2D eigenvalue weighted by atomic mass is 10.0. The van der Waals surface area contributed by atoms with Crippen molar-refractivity contribution in [3.63, 3.8) is 0 Å². The number of alkyl halides is 3. The Morgan fingerprint density at radius 3 is 1.74 bits per heavy atom. The Bertz CT molecular complexity index is 1250. The van der Waals surface area contributed by atoms with Gasteiger partial charge in [0.1, 0.15) is 0 Å². The summed E-state index contributed by atoms with van der Waals surface area (Å²) in [4.78, 5) is -0.549.